The molecule has 12 heavy (non-hydrogen) atoms. The Kier molecular flexibility index (Phi) is 4.21. The van der Waals surface area contributed by atoms with Crippen LogP contribution in [0.25, 0.3) is 0 Å². The second-order valence-electron chi connectivity index (χ2n) is 3.28. The van der Waals surface area contributed by atoms with Crippen molar-refractivity contribution in [2.45, 2.75) is 32.0 Å². The van der Waals surface area contributed by atoms with Crippen LogP contribution in [0.15, 0.2) is 25.3 Å². The van der Waals surface area contributed by atoms with Gasteiger partial charge in [0, 0.05) is 0 Å². The fourth-order valence-corrected chi connectivity index (χ4v) is 1.19. The summed E-state index contributed by atoms with van der Waals surface area (Å²) >= 11 is 0. The number of hydrogen-bond donors (Lipinski definition) is 2. The van der Waals surface area contributed by atoms with Crippen LogP contribution >= 0.6 is 0 Å². The van der Waals surface area contributed by atoms with Gasteiger partial charge in [-0.2, -0.15) is 0 Å². The van der Waals surface area contributed by atoms with Crippen molar-refractivity contribution in [2.75, 3.05) is 0 Å². The van der Waals surface area contributed by atoms with Crippen LogP contribution < -0.4 is 0 Å². The fraction of sp³-hybridized carbons (Fsp3) is 0.600. The number of aliphatic hydroxyl groups excluding tert-OH is 1. The van der Waals surface area contributed by atoms with Gasteiger partial charge in [-0.15, -0.1) is 0 Å². The molecule has 0 aliphatic rings. The zero-order chi connectivity index (χ0) is 9.78. The van der Waals surface area contributed by atoms with Crippen molar-refractivity contribution in [3.05, 3.63) is 25.3 Å². The quantitative estimate of drug-likeness (QED) is 0.614. The van der Waals surface area contributed by atoms with Crippen molar-refractivity contribution >= 4 is 0 Å². The smallest absolute Gasteiger partial charge is 0.103 e. The van der Waals surface area contributed by atoms with Crippen LogP contribution in [0, 0.1) is 5.92 Å². The summed E-state index contributed by atoms with van der Waals surface area (Å²) in [6.45, 7) is 10.6. The van der Waals surface area contributed by atoms with Crippen LogP contribution in [-0.2, 0) is 0 Å². The highest BCUT2D eigenvalue weighted by Crippen LogP contribution is 2.24. The topological polar surface area (TPSA) is 40.5 Å². The van der Waals surface area contributed by atoms with E-state index in [1.54, 1.807) is 6.92 Å². The minimum atomic E-state index is -1.06. The summed E-state index contributed by atoms with van der Waals surface area (Å²) in [4.78, 5) is 0. The summed E-state index contributed by atoms with van der Waals surface area (Å²) in [7, 11) is 0. The molecule has 70 valence electrons. The first-order valence-electron chi connectivity index (χ1n) is 4.14. The van der Waals surface area contributed by atoms with Crippen LogP contribution in [0.2, 0.25) is 0 Å². The molecule has 0 heterocycles. The molecule has 0 saturated heterocycles. The van der Waals surface area contributed by atoms with Crippen molar-refractivity contribution in [2.24, 2.45) is 5.92 Å². The monoisotopic (exact) mass is 170 g/mol. The van der Waals surface area contributed by atoms with Crippen molar-refractivity contribution in [1.82, 2.24) is 0 Å². The Morgan fingerprint density at radius 2 is 1.75 bits per heavy atom. The van der Waals surface area contributed by atoms with Gasteiger partial charge in [-0.05, 0) is 19.3 Å². The zero-order valence-electron chi connectivity index (χ0n) is 7.83. The minimum Gasteiger partial charge on any atom is -0.393 e. The predicted molar refractivity (Wildman–Crippen MR) is 50.8 cm³/mol. The Hall–Kier alpha value is -0.600. The molecule has 2 nitrogen and oxygen atoms in total. The van der Waals surface area contributed by atoms with Crippen LogP contribution in [-0.4, -0.2) is 21.9 Å². The van der Waals surface area contributed by atoms with E-state index in [1.165, 1.54) is 12.2 Å². The normalized spacial score (nSPS) is 16.7. The molecule has 0 aliphatic carbocycles. The first-order chi connectivity index (χ1) is 5.46. The SMILES string of the molecule is C=CC(O)(C=C)C(C)CC(C)O. The van der Waals surface area contributed by atoms with E-state index in [0.29, 0.717) is 6.42 Å². The van der Waals surface area contributed by atoms with E-state index >= 15 is 0 Å². The van der Waals surface area contributed by atoms with Gasteiger partial charge in [0.2, 0.25) is 0 Å². The molecule has 0 aromatic rings. The number of aliphatic hydroxyl groups is 2. The van der Waals surface area contributed by atoms with E-state index in [1.807, 2.05) is 6.92 Å². The third-order valence-corrected chi connectivity index (χ3v) is 2.14. The van der Waals surface area contributed by atoms with E-state index in [2.05, 4.69) is 13.2 Å². The van der Waals surface area contributed by atoms with Gasteiger partial charge >= 0.3 is 0 Å². The Morgan fingerprint density at radius 3 is 2.00 bits per heavy atom. The lowest BCUT2D eigenvalue weighted by Gasteiger charge is -2.28. The molecule has 0 rings (SSSR count). The van der Waals surface area contributed by atoms with Gasteiger partial charge < -0.3 is 10.2 Å². The minimum absolute atomic E-state index is 0.0625. The van der Waals surface area contributed by atoms with Crippen molar-refractivity contribution in [3.63, 3.8) is 0 Å². The summed E-state index contributed by atoms with van der Waals surface area (Å²) < 4.78 is 0. The van der Waals surface area contributed by atoms with Gasteiger partial charge in [0.1, 0.15) is 5.60 Å². The number of hydrogen-bond acceptors (Lipinski definition) is 2. The standard InChI is InChI=1S/C10H18O2/c1-5-10(12,6-2)8(3)7-9(4)11/h5-6,8-9,11-12H,1-2,7H2,3-4H3. The fourth-order valence-electron chi connectivity index (χ4n) is 1.19. The maximum Gasteiger partial charge on any atom is 0.103 e. The highest BCUT2D eigenvalue weighted by Gasteiger charge is 2.27. The molecular weight excluding hydrogens is 152 g/mol. The van der Waals surface area contributed by atoms with E-state index in [-0.39, 0.29) is 5.92 Å². The van der Waals surface area contributed by atoms with Gasteiger partial charge in [-0.1, -0.05) is 32.2 Å². The van der Waals surface area contributed by atoms with Crippen molar-refractivity contribution in [1.29, 1.82) is 0 Å². The lowest BCUT2D eigenvalue weighted by Crippen LogP contribution is -2.33. The predicted octanol–water partition coefficient (Wildman–Crippen LogP) is 1.50. The first-order valence-corrected chi connectivity index (χ1v) is 4.14. The molecule has 0 saturated carbocycles. The molecule has 2 heteroatoms. The largest absolute Gasteiger partial charge is 0.393 e. The lowest BCUT2D eigenvalue weighted by atomic mass is 9.85. The van der Waals surface area contributed by atoms with Crippen LogP contribution in [0.1, 0.15) is 20.3 Å². The summed E-state index contributed by atoms with van der Waals surface area (Å²) in [5.74, 6) is -0.0625. The first kappa shape index (κ1) is 11.4. The lowest BCUT2D eigenvalue weighted by molar-refractivity contribution is 0.0515. The van der Waals surface area contributed by atoms with Gasteiger partial charge in [0.15, 0.2) is 0 Å². The second kappa shape index (κ2) is 4.43. The molecule has 0 aliphatic heterocycles. The summed E-state index contributed by atoms with van der Waals surface area (Å²) in [6, 6.07) is 0. The maximum atomic E-state index is 9.80. The van der Waals surface area contributed by atoms with Crippen molar-refractivity contribution in [3.8, 4) is 0 Å². The van der Waals surface area contributed by atoms with Gasteiger partial charge in [-0.3, -0.25) is 0 Å². The molecule has 0 radical (unpaired) electrons. The zero-order valence-corrected chi connectivity index (χ0v) is 7.83. The average molecular weight is 170 g/mol. The van der Waals surface area contributed by atoms with Gasteiger partial charge in [-0.25, -0.2) is 0 Å². The highest BCUT2D eigenvalue weighted by atomic mass is 16.3. The summed E-state index contributed by atoms with van der Waals surface area (Å²) in [6.07, 6.45) is 3.03. The van der Waals surface area contributed by atoms with E-state index in [4.69, 9.17) is 5.11 Å². The Bertz CT molecular complexity index is 153. The Balaban J connectivity index is 4.31. The van der Waals surface area contributed by atoms with Gasteiger partial charge in [0.05, 0.1) is 6.10 Å². The molecule has 0 bridgehead atoms. The van der Waals surface area contributed by atoms with E-state index in [0.717, 1.165) is 0 Å². The van der Waals surface area contributed by atoms with Crippen LogP contribution in [0.4, 0.5) is 0 Å². The van der Waals surface area contributed by atoms with Gasteiger partial charge in [0.25, 0.3) is 0 Å². The van der Waals surface area contributed by atoms with E-state index < -0.39 is 11.7 Å². The molecular formula is C10H18O2. The summed E-state index contributed by atoms with van der Waals surface area (Å²) in [5.41, 5.74) is -1.06. The highest BCUT2D eigenvalue weighted by molar-refractivity contribution is 5.10. The molecule has 2 unspecified atom stereocenters. The third kappa shape index (κ3) is 2.80. The van der Waals surface area contributed by atoms with Crippen LogP contribution in [0.3, 0.4) is 0 Å². The molecule has 0 aromatic carbocycles. The molecule has 2 N–H and O–H groups in total. The average Bonchev–Trinajstić information content (AvgIpc) is 2.02. The third-order valence-electron chi connectivity index (χ3n) is 2.14. The number of rotatable bonds is 5. The molecule has 2 atom stereocenters. The Morgan fingerprint density at radius 1 is 1.33 bits per heavy atom. The molecule has 0 fully saturated rings. The maximum absolute atomic E-state index is 9.80. The van der Waals surface area contributed by atoms with Crippen LogP contribution in [0.5, 0.6) is 0 Å². The molecule has 0 aromatic heterocycles. The van der Waals surface area contributed by atoms with Crippen molar-refractivity contribution < 1.29 is 10.2 Å². The summed E-state index contributed by atoms with van der Waals surface area (Å²) in [5, 5.41) is 18.9. The molecule has 0 spiro atoms. The second-order valence-corrected chi connectivity index (χ2v) is 3.28. The van der Waals surface area contributed by atoms with E-state index in [9.17, 15) is 5.11 Å². The molecule has 0 amide bonds. The Labute approximate surface area is 74.2 Å².